The summed E-state index contributed by atoms with van der Waals surface area (Å²) in [6.45, 7) is 4.19. The minimum Gasteiger partial charge on any atom is -0.493 e. The van der Waals surface area contributed by atoms with Gasteiger partial charge in [0.2, 0.25) is 0 Å². The van der Waals surface area contributed by atoms with Crippen LogP contribution in [0.4, 0.5) is 0 Å². The molecule has 7 heteroatoms. The Bertz CT molecular complexity index is 908. The second-order valence-electron chi connectivity index (χ2n) is 5.91. The molecule has 0 heterocycles. The molecule has 0 N–H and O–H groups in total. The van der Waals surface area contributed by atoms with Gasteiger partial charge in [-0.2, -0.15) is 0 Å². The van der Waals surface area contributed by atoms with Crippen LogP contribution in [0.3, 0.4) is 0 Å². The molecule has 6 nitrogen and oxygen atoms in total. The summed E-state index contributed by atoms with van der Waals surface area (Å²) in [5, 5.41) is 0. The molecular weight excluding hydrogens is 366 g/mol. The molecule has 0 saturated carbocycles. The molecule has 0 atom stereocenters. The largest absolute Gasteiger partial charge is 0.493 e. The highest BCUT2D eigenvalue weighted by Crippen LogP contribution is 2.28. The Morgan fingerprint density at radius 2 is 1.67 bits per heavy atom. The number of carbonyl (C=O) groups excluding carboxylic acids is 1. The minimum absolute atomic E-state index is 0.0565. The maximum atomic E-state index is 13.0. The number of nitrogens with zero attached hydrogens (tertiary/aromatic N) is 1. The molecule has 0 spiro atoms. The lowest BCUT2D eigenvalue weighted by molar-refractivity contribution is 0.0748. The van der Waals surface area contributed by atoms with E-state index in [4.69, 9.17) is 9.47 Å². The van der Waals surface area contributed by atoms with Crippen molar-refractivity contribution in [2.24, 2.45) is 0 Å². The Morgan fingerprint density at radius 3 is 2.26 bits per heavy atom. The first-order valence-corrected chi connectivity index (χ1v) is 10.3. The van der Waals surface area contributed by atoms with Crippen LogP contribution in [0.1, 0.15) is 29.8 Å². The molecule has 0 aliphatic carbocycles. The van der Waals surface area contributed by atoms with Gasteiger partial charge >= 0.3 is 0 Å². The van der Waals surface area contributed by atoms with Gasteiger partial charge in [-0.05, 0) is 36.8 Å². The van der Waals surface area contributed by atoms with Crippen LogP contribution in [-0.4, -0.2) is 45.7 Å². The van der Waals surface area contributed by atoms with E-state index >= 15 is 0 Å². The topological polar surface area (TPSA) is 72.9 Å². The summed E-state index contributed by atoms with van der Waals surface area (Å²) >= 11 is 0. The number of sulfone groups is 1. The Balaban J connectivity index is 2.35. The van der Waals surface area contributed by atoms with Gasteiger partial charge in [-0.15, -0.1) is 0 Å². The smallest absolute Gasteiger partial charge is 0.255 e. The quantitative estimate of drug-likeness (QED) is 0.691. The average Bonchev–Trinajstić information content (AvgIpc) is 2.71. The second kappa shape index (κ2) is 8.90. The van der Waals surface area contributed by atoms with E-state index in [1.165, 1.54) is 6.07 Å². The molecule has 2 aromatic carbocycles. The van der Waals surface area contributed by atoms with Crippen molar-refractivity contribution >= 4 is 15.7 Å². The fraction of sp³-hybridized carbons (Fsp3) is 0.350. The molecule has 27 heavy (non-hydrogen) atoms. The Kier molecular flexibility index (Phi) is 6.85. The van der Waals surface area contributed by atoms with Crippen LogP contribution >= 0.6 is 0 Å². The van der Waals surface area contributed by atoms with Gasteiger partial charge in [0.15, 0.2) is 21.3 Å². The molecule has 0 radical (unpaired) electrons. The van der Waals surface area contributed by atoms with E-state index in [1.807, 2.05) is 19.1 Å². The van der Waals surface area contributed by atoms with Crippen molar-refractivity contribution in [2.75, 3.05) is 26.5 Å². The maximum Gasteiger partial charge on any atom is 0.255 e. The number of ether oxygens (including phenoxy) is 2. The zero-order valence-electron chi connectivity index (χ0n) is 16.1. The zero-order valence-corrected chi connectivity index (χ0v) is 16.9. The molecule has 0 saturated heterocycles. The Morgan fingerprint density at radius 1 is 1.00 bits per heavy atom. The molecular formula is C20H25NO5S. The van der Waals surface area contributed by atoms with Crippen LogP contribution in [0.2, 0.25) is 0 Å². The first-order valence-electron chi connectivity index (χ1n) is 8.69. The number of benzene rings is 2. The van der Waals surface area contributed by atoms with Gasteiger partial charge in [0.05, 0.1) is 30.4 Å². The van der Waals surface area contributed by atoms with Crippen LogP contribution < -0.4 is 9.47 Å². The van der Waals surface area contributed by atoms with Gasteiger partial charge in [0.1, 0.15) is 0 Å². The Hall–Kier alpha value is -2.54. The zero-order chi connectivity index (χ0) is 20.0. The van der Waals surface area contributed by atoms with Crippen molar-refractivity contribution in [3.63, 3.8) is 0 Å². The molecule has 146 valence electrons. The molecule has 2 rings (SSSR count). The van der Waals surface area contributed by atoms with E-state index in [0.717, 1.165) is 5.56 Å². The fourth-order valence-electron chi connectivity index (χ4n) is 2.77. The van der Waals surface area contributed by atoms with Crippen molar-refractivity contribution in [2.45, 2.75) is 25.3 Å². The lowest BCUT2D eigenvalue weighted by Gasteiger charge is -2.23. The molecule has 0 aliphatic heterocycles. The van der Waals surface area contributed by atoms with E-state index < -0.39 is 9.84 Å². The normalized spacial score (nSPS) is 11.1. The third kappa shape index (κ3) is 4.60. The van der Waals surface area contributed by atoms with Crippen LogP contribution in [-0.2, 0) is 16.4 Å². The summed E-state index contributed by atoms with van der Waals surface area (Å²) in [6.07, 6.45) is 0. The van der Waals surface area contributed by atoms with Gasteiger partial charge in [0, 0.05) is 13.1 Å². The molecule has 0 unspecified atom stereocenters. The Labute approximate surface area is 160 Å². The standard InChI is InChI=1S/C20H25NO5S/c1-5-21(14-15-11-12-17(25-3)18(13-15)26-4)20(22)16-9-7-8-10-19(16)27(23,24)6-2/h7-13H,5-6,14H2,1-4H3. The molecule has 0 fully saturated rings. The van der Waals surface area contributed by atoms with Crippen LogP contribution in [0, 0.1) is 0 Å². The third-order valence-electron chi connectivity index (χ3n) is 4.32. The molecule has 1 amide bonds. The van der Waals surface area contributed by atoms with Crippen LogP contribution in [0.5, 0.6) is 11.5 Å². The van der Waals surface area contributed by atoms with Crippen molar-refractivity contribution in [3.05, 3.63) is 53.6 Å². The number of hydrogen-bond acceptors (Lipinski definition) is 5. The van der Waals surface area contributed by atoms with Crippen LogP contribution in [0.15, 0.2) is 47.4 Å². The number of amides is 1. The van der Waals surface area contributed by atoms with Gasteiger partial charge in [-0.3, -0.25) is 4.79 Å². The monoisotopic (exact) mass is 391 g/mol. The highest BCUT2D eigenvalue weighted by molar-refractivity contribution is 7.91. The summed E-state index contributed by atoms with van der Waals surface area (Å²) in [6, 6.07) is 11.8. The summed E-state index contributed by atoms with van der Waals surface area (Å²) in [4.78, 5) is 14.7. The third-order valence-corrected chi connectivity index (χ3v) is 6.11. The number of carbonyl (C=O) groups is 1. The lowest BCUT2D eigenvalue weighted by atomic mass is 10.1. The van der Waals surface area contributed by atoms with Crippen molar-refractivity contribution in [1.82, 2.24) is 4.90 Å². The van der Waals surface area contributed by atoms with Crippen LogP contribution in [0.25, 0.3) is 0 Å². The molecule has 2 aromatic rings. The predicted octanol–water partition coefficient (Wildman–Crippen LogP) is 3.16. The van der Waals surface area contributed by atoms with Crippen molar-refractivity contribution < 1.29 is 22.7 Å². The van der Waals surface area contributed by atoms with E-state index in [1.54, 1.807) is 50.3 Å². The first kappa shape index (κ1) is 20.8. The number of methoxy groups -OCH3 is 2. The molecule has 0 aromatic heterocycles. The molecule has 0 bridgehead atoms. The summed E-state index contributed by atoms with van der Waals surface area (Å²) in [7, 11) is -0.380. The van der Waals surface area contributed by atoms with Gasteiger partial charge in [0.25, 0.3) is 5.91 Å². The highest BCUT2D eigenvalue weighted by Gasteiger charge is 2.24. The summed E-state index contributed by atoms with van der Waals surface area (Å²) in [5.41, 5.74) is 1.06. The maximum absolute atomic E-state index is 13.0. The SMILES string of the molecule is CCN(Cc1ccc(OC)c(OC)c1)C(=O)c1ccccc1S(=O)(=O)CC. The van der Waals surface area contributed by atoms with Crippen molar-refractivity contribution in [3.8, 4) is 11.5 Å². The van der Waals surface area contributed by atoms with Crippen molar-refractivity contribution in [1.29, 1.82) is 0 Å². The lowest BCUT2D eigenvalue weighted by Crippen LogP contribution is -2.31. The molecule has 0 aliphatic rings. The van der Waals surface area contributed by atoms with E-state index in [-0.39, 0.29) is 22.1 Å². The highest BCUT2D eigenvalue weighted by atomic mass is 32.2. The summed E-state index contributed by atoms with van der Waals surface area (Å²) in [5.74, 6) is 0.807. The van der Waals surface area contributed by atoms with Gasteiger partial charge < -0.3 is 14.4 Å². The van der Waals surface area contributed by atoms with Gasteiger partial charge in [-0.1, -0.05) is 25.1 Å². The number of rotatable bonds is 8. The predicted molar refractivity (Wildman–Crippen MR) is 104 cm³/mol. The minimum atomic E-state index is -3.49. The second-order valence-corrected chi connectivity index (χ2v) is 8.15. The van der Waals surface area contributed by atoms with E-state index in [2.05, 4.69) is 0 Å². The average molecular weight is 391 g/mol. The van der Waals surface area contributed by atoms with E-state index in [0.29, 0.717) is 24.6 Å². The number of hydrogen-bond donors (Lipinski definition) is 0. The fourth-order valence-corrected chi connectivity index (χ4v) is 3.85. The summed E-state index contributed by atoms with van der Waals surface area (Å²) < 4.78 is 35.2. The first-order chi connectivity index (χ1) is 12.9. The van der Waals surface area contributed by atoms with E-state index in [9.17, 15) is 13.2 Å². The van der Waals surface area contributed by atoms with Gasteiger partial charge in [-0.25, -0.2) is 8.42 Å².